The van der Waals surface area contributed by atoms with E-state index >= 15 is 0 Å². The van der Waals surface area contributed by atoms with Gasteiger partial charge >= 0.3 is 0 Å². The number of aromatic nitrogens is 1. The van der Waals surface area contributed by atoms with Crippen molar-refractivity contribution in [3.8, 4) is 22.8 Å². The van der Waals surface area contributed by atoms with E-state index in [-0.39, 0.29) is 0 Å². The molecule has 0 aliphatic heterocycles. The molecule has 114 valence electrons. The number of hydrogen-bond donors (Lipinski definition) is 1. The zero-order valence-electron chi connectivity index (χ0n) is 12.5. The van der Waals surface area contributed by atoms with Crippen molar-refractivity contribution in [1.82, 2.24) is 10.3 Å². The Hall–Kier alpha value is -1.63. The summed E-state index contributed by atoms with van der Waals surface area (Å²) in [6.45, 7) is 2.27. The SMILES string of the molecule is COCCNCc1nc(-c2ccc(OC)c(OC)c2)cs1. The molecule has 2 rings (SSSR count). The van der Waals surface area contributed by atoms with E-state index in [0.29, 0.717) is 12.4 Å². The van der Waals surface area contributed by atoms with Gasteiger partial charge in [-0.1, -0.05) is 0 Å². The number of benzene rings is 1. The third-order valence-electron chi connectivity index (χ3n) is 2.99. The summed E-state index contributed by atoms with van der Waals surface area (Å²) in [5, 5.41) is 6.39. The average molecular weight is 308 g/mol. The molecule has 1 N–H and O–H groups in total. The lowest BCUT2D eigenvalue weighted by Gasteiger charge is -2.08. The summed E-state index contributed by atoms with van der Waals surface area (Å²) >= 11 is 1.64. The van der Waals surface area contributed by atoms with E-state index in [9.17, 15) is 0 Å². The van der Waals surface area contributed by atoms with Crippen LogP contribution < -0.4 is 14.8 Å². The molecule has 0 fully saturated rings. The zero-order valence-corrected chi connectivity index (χ0v) is 13.3. The largest absolute Gasteiger partial charge is 0.493 e. The van der Waals surface area contributed by atoms with Gasteiger partial charge in [0.15, 0.2) is 11.5 Å². The number of thiazole rings is 1. The third-order valence-corrected chi connectivity index (χ3v) is 3.84. The van der Waals surface area contributed by atoms with Gasteiger partial charge in [-0.2, -0.15) is 0 Å². The Labute approximate surface area is 128 Å². The molecule has 0 unspecified atom stereocenters. The molecule has 0 aliphatic carbocycles. The highest BCUT2D eigenvalue weighted by molar-refractivity contribution is 7.09. The minimum atomic E-state index is 0.702. The first-order chi connectivity index (χ1) is 10.3. The molecule has 6 heteroatoms. The molecule has 1 aromatic carbocycles. The molecular formula is C15H20N2O3S. The lowest BCUT2D eigenvalue weighted by Crippen LogP contribution is -2.18. The summed E-state index contributed by atoms with van der Waals surface area (Å²) in [6, 6.07) is 5.82. The molecule has 21 heavy (non-hydrogen) atoms. The molecule has 5 nitrogen and oxygen atoms in total. The minimum Gasteiger partial charge on any atom is -0.493 e. The number of nitrogens with zero attached hydrogens (tertiary/aromatic N) is 1. The predicted molar refractivity (Wildman–Crippen MR) is 84.2 cm³/mol. The topological polar surface area (TPSA) is 52.6 Å². The summed E-state index contributed by atoms with van der Waals surface area (Å²) in [5.41, 5.74) is 1.97. The van der Waals surface area contributed by atoms with Gasteiger partial charge in [0.25, 0.3) is 0 Å². The van der Waals surface area contributed by atoms with Crippen LogP contribution in [0.25, 0.3) is 11.3 Å². The Morgan fingerprint density at radius 3 is 2.67 bits per heavy atom. The lowest BCUT2D eigenvalue weighted by molar-refractivity contribution is 0.199. The molecule has 1 heterocycles. The molecule has 2 aromatic rings. The van der Waals surface area contributed by atoms with Crippen molar-refractivity contribution in [2.45, 2.75) is 6.54 Å². The van der Waals surface area contributed by atoms with E-state index in [1.54, 1.807) is 32.7 Å². The second kappa shape index (κ2) is 7.97. The first-order valence-electron chi connectivity index (χ1n) is 6.65. The standard InChI is InChI=1S/C15H20N2O3S/c1-18-7-6-16-9-15-17-12(10-21-15)11-4-5-13(19-2)14(8-11)20-3/h4-5,8,10,16H,6-7,9H2,1-3H3. The smallest absolute Gasteiger partial charge is 0.161 e. The van der Waals surface area contributed by atoms with Crippen LogP contribution in [0.2, 0.25) is 0 Å². The van der Waals surface area contributed by atoms with E-state index in [1.165, 1.54) is 0 Å². The van der Waals surface area contributed by atoms with Crippen molar-refractivity contribution in [3.05, 3.63) is 28.6 Å². The van der Waals surface area contributed by atoms with Gasteiger partial charge < -0.3 is 19.5 Å². The molecule has 0 aliphatic rings. The van der Waals surface area contributed by atoms with Gasteiger partial charge in [-0.3, -0.25) is 0 Å². The summed E-state index contributed by atoms with van der Waals surface area (Å²) < 4.78 is 15.6. The van der Waals surface area contributed by atoms with Crippen LogP contribution in [0.5, 0.6) is 11.5 Å². The number of rotatable bonds is 8. The highest BCUT2D eigenvalue weighted by Gasteiger charge is 2.09. The molecule has 0 saturated heterocycles. The van der Waals surface area contributed by atoms with Crippen molar-refractivity contribution in [1.29, 1.82) is 0 Å². The highest BCUT2D eigenvalue weighted by Crippen LogP contribution is 2.32. The third kappa shape index (κ3) is 4.17. The van der Waals surface area contributed by atoms with Crippen molar-refractivity contribution in [2.75, 3.05) is 34.5 Å². The van der Waals surface area contributed by atoms with Crippen LogP contribution in [-0.2, 0) is 11.3 Å². The van der Waals surface area contributed by atoms with Gasteiger partial charge in [0.2, 0.25) is 0 Å². The monoisotopic (exact) mass is 308 g/mol. The van der Waals surface area contributed by atoms with Crippen molar-refractivity contribution < 1.29 is 14.2 Å². The molecule has 0 bridgehead atoms. The van der Waals surface area contributed by atoms with Gasteiger partial charge in [-0.25, -0.2) is 4.98 Å². The fraction of sp³-hybridized carbons (Fsp3) is 0.400. The predicted octanol–water partition coefficient (Wildman–Crippen LogP) is 2.56. The molecular weight excluding hydrogens is 288 g/mol. The zero-order chi connectivity index (χ0) is 15.1. The number of nitrogens with one attached hydrogen (secondary N) is 1. The Bertz CT molecular complexity index is 572. The highest BCUT2D eigenvalue weighted by atomic mass is 32.1. The first-order valence-corrected chi connectivity index (χ1v) is 7.53. The Kier molecular flexibility index (Phi) is 5.98. The van der Waals surface area contributed by atoms with Gasteiger partial charge in [-0.05, 0) is 18.2 Å². The van der Waals surface area contributed by atoms with Gasteiger partial charge in [-0.15, -0.1) is 11.3 Å². The van der Waals surface area contributed by atoms with Crippen molar-refractivity contribution >= 4 is 11.3 Å². The molecule has 0 radical (unpaired) electrons. The van der Waals surface area contributed by atoms with Crippen LogP contribution in [0.4, 0.5) is 0 Å². The Morgan fingerprint density at radius 1 is 1.14 bits per heavy atom. The van der Waals surface area contributed by atoms with Crippen LogP contribution in [0.1, 0.15) is 5.01 Å². The maximum absolute atomic E-state index is 5.32. The lowest BCUT2D eigenvalue weighted by atomic mass is 10.1. The van der Waals surface area contributed by atoms with Crippen LogP contribution in [0.3, 0.4) is 0 Å². The van der Waals surface area contributed by atoms with Crippen LogP contribution >= 0.6 is 11.3 Å². The molecule has 1 aromatic heterocycles. The normalized spacial score (nSPS) is 10.6. The van der Waals surface area contributed by atoms with Gasteiger partial charge in [0.05, 0.1) is 26.5 Å². The van der Waals surface area contributed by atoms with Crippen molar-refractivity contribution in [2.24, 2.45) is 0 Å². The second-order valence-corrected chi connectivity index (χ2v) is 5.31. The molecule has 0 spiro atoms. The quantitative estimate of drug-likeness (QED) is 0.760. The van der Waals surface area contributed by atoms with E-state index in [2.05, 4.69) is 15.7 Å². The number of hydrogen-bond acceptors (Lipinski definition) is 6. The molecule has 0 amide bonds. The maximum Gasteiger partial charge on any atom is 0.161 e. The first kappa shape index (κ1) is 15.8. The Balaban J connectivity index is 2.06. The minimum absolute atomic E-state index is 0.702. The summed E-state index contributed by atoms with van der Waals surface area (Å²) in [5.74, 6) is 1.43. The van der Waals surface area contributed by atoms with Gasteiger partial charge in [0.1, 0.15) is 5.01 Å². The molecule has 0 saturated carbocycles. The van der Waals surface area contributed by atoms with Crippen LogP contribution in [-0.4, -0.2) is 39.5 Å². The summed E-state index contributed by atoms with van der Waals surface area (Å²) in [4.78, 5) is 4.63. The van der Waals surface area contributed by atoms with E-state index in [0.717, 1.165) is 35.1 Å². The summed E-state index contributed by atoms with van der Waals surface area (Å²) in [7, 11) is 4.96. The van der Waals surface area contributed by atoms with Crippen LogP contribution in [0, 0.1) is 0 Å². The molecule has 0 atom stereocenters. The fourth-order valence-electron chi connectivity index (χ4n) is 1.89. The van der Waals surface area contributed by atoms with E-state index in [4.69, 9.17) is 14.2 Å². The Morgan fingerprint density at radius 2 is 1.95 bits per heavy atom. The van der Waals surface area contributed by atoms with Crippen molar-refractivity contribution in [3.63, 3.8) is 0 Å². The fourth-order valence-corrected chi connectivity index (χ4v) is 2.66. The average Bonchev–Trinajstić information content (AvgIpc) is 2.99. The van der Waals surface area contributed by atoms with Gasteiger partial charge in [0, 0.05) is 31.1 Å². The maximum atomic E-state index is 5.32. The van der Waals surface area contributed by atoms with E-state index in [1.807, 2.05) is 18.2 Å². The second-order valence-electron chi connectivity index (χ2n) is 4.37. The number of ether oxygens (including phenoxy) is 3. The van der Waals surface area contributed by atoms with E-state index < -0.39 is 0 Å². The number of methoxy groups -OCH3 is 3. The summed E-state index contributed by atoms with van der Waals surface area (Å²) in [6.07, 6.45) is 0. The van der Waals surface area contributed by atoms with Crippen LogP contribution in [0.15, 0.2) is 23.6 Å².